The van der Waals surface area contributed by atoms with Gasteiger partial charge in [-0.15, -0.1) is 0 Å². The van der Waals surface area contributed by atoms with Gasteiger partial charge in [0.25, 0.3) is 0 Å². The minimum Gasteiger partial charge on any atom is -0.465 e. The highest BCUT2D eigenvalue weighted by molar-refractivity contribution is 5.89. The SMILES string of the molecule is COCCN(CCOC)c1ncnc(Oc2ccc(C(=O)OC)cc2)c1[N+](=O)[O-]. The lowest BCUT2D eigenvalue weighted by molar-refractivity contribution is -0.385. The molecule has 0 amide bonds. The molecule has 0 N–H and O–H groups in total. The number of carbonyl (C=O) groups excluding carboxylic acids is 1. The summed E-state index contributed by atoms with van der Waals surface area (Å²) in [5, 5.41) is 11.8. The Morgan fingerprint density at radius 1 is 1.07 bits per heavy atom. The van der Waals surface area contributed by atoms with E-state index in [1.165, 1.54) is 51.9 Å². The molecule has 0 bridgehead atoms. The molecule has 0 saturated heterocycles. The van der Waals surface area contributed by atoms with E-state index in [4.69, 9.17) is 14.2 Å². The van der Waals surface area contributed by atoms with Gasteiger partial charge in [-0.05, 0) is 24.3 Å². The number of ether oxygens (including phenoxy) is 4. The van der Waals surface area contributed by atoms with Gasteiger partial charge < -0.3 is 23.8 Å². The van der Waals surface area contributed by atoms with Crippen LogP contribution in [0.2, 0.25) is 0 Å². The molecular weight excluding hydrogens is 384 g/mol. The monoisotopic (exact) mass is 406 g/mol. The van der Waals surface area contributed by atoms with Gasteiger partial charge in [0.05, 0.1) is 30.8 Å². The third-order valence-electron chi connectivity index (χ3n) is 3.87. The summed E-state index contributed by atoms with van der Waals surface area (Å²) in [4.78, 5) is 32.3. The molecule has 29 heavy (non-hydrogen) atoms. The maximum atomic E-state index is 11.8. The molecule has 2 rings (SSSR count). The van der Waals surface area contributed by atoms with Crippen molar-refractivity contribution < 1.29 is 28.7 Å². The van der Waals surface area contributed by atoms with E-state index in [-0.39, 0.29) is 23.1 Å². The fourth-order valence-corrected chi connectivity index (χ4v) is 2.43. The Bertz CT molecular complexity index is 821. The van der Waals surface area contributed by atoms with Crippen molar-refractivity contribution >= 4 is 17.5 Å². The summed E-state index contributed by atoms with van der Waals surface area (Å²) in [6.07, 6.45) is 1.19. The number of benzene rings is 1. The standard InChI is InChI=1S/C18H22N4O7/c1-26-10-8-21(9-11-27-2)16-15(22(24)25)17(20-12-19-16)29-14-6-4-13(5-7-14)18(23)28-3/h4-7,12H,8-11H2,1-3H3. The van der Waals surface area contributed by atoms with E-state index in [0.29, 0.717) is 31.9 Å². The van der Waals surface area contributed by atoms with Crippen molar-refractivity contribution in [3.8, 4) is 11.6 Å². The highest BCUT2D eigenvalue weighted by atomic mass is 16.6. The second kappa shape index (κ2) is 10.9. The van der Waals surface area contributed by atoms with Crippen molar-refractivity contribution in [1.82, 2.24) is 9.97 Å². The number of hydrogen-bond donors (Lipinski definition) is 0. The van der Waals surface area contributed by atoms with Crippen LogP contribution < -0.4 is 9.64 Å². The van der Waals surface area contributed by atoms with Gasteiger partial charge in [0.2, 0.25) is 5.82 Å². The number of methoxy groups -OCH3 is 3. The van der Waals surface area contributed by atoms with Gasteiger partial charge in [0.15, 0.2) is 0 Å². The van der Waals surface area contributed by atoms with Crippen LogP contribution in [0.1, 0.15) is 10.4 Å². The average molecular weight is 406 g/mol. The quantitative estimate of drug-likeness (QED) is 0.311. The number of aromatic nitrogens is 2. The topological polar surface area (TPSA) is 126 Å². The molecule has 0 atom stereocenters. The van der Waals surface area contributed by atoms with Crippen LogP contribution in [0, 0.1) is 10.1 Å². The van der Waals surface area contributed by atoms with E-state index in [0.717, 1.165) is 0 Å². The lowest BCUT2D eigenvalue weighted by Gasteiger charge is -2.22. The number of anilines is 1. The first-order valence-corrected chi connectivity index (χ1v) is 8.60. The number of carbonyl (C=O) groups is 1. The molecule has 0 spiro atoms. The molecule has 0 aliphatic carbocycles. The highest BCUT2D eigenvalue weighted by Gasteiger charge is 2.28. The summed E-state index contributed by atoms with van der Waals surface area (Å²) in [6, 6.07) is 5.95. The molecule has 0 aliphatic heterocycles. The zero-order valence-corrected chi connectivity index (χ0v) is 16.4. The molecular formula is C18H22N4O7. The van der Waals surface area contributed by atoms with Gasteiger partial charge in [0.1, 0.15) is 12.1 Å². The third-order valence-corrected chi connectivity index (χ3v) is 3.87. The van der Waals surface area contributed by atoms with Crippen molar-refractivity contribution in [2.24, 2.45) is 0 Å². The molecule has 0 aliphatic rings. The number of hydrogen-bond acceptors (Lipinski definition) is 10. The minimum atomic E-state index is -0.597. The predicted molar refractivity (Wildman–Crippen MR) is 103 cm³/mol. The summed E-state index contributed by atoms with van der Waals surface area (Å²) < 4.78 is 20.4. The van der Waals surface area contributed by atoms with Gasteiger partial charge in [-0.25, -0.2) is 9.78 Å². The van der Waals surface area contributed by atoms with E-state index in [1.54, 1.807) is 4.90 Å². The van der Waals surface area contributed by atoms with Crippen LogP contribution in [0.25, 0.3) is 0 Å². The molecule has 156 valence electrons. The fourth-order valence-electron chi connectivity index (χ4n) is 2.43. The molecule has 1 aromatic carbocycles. The largest absolute Gasteiger partial charge is 0.465 e. The lowest BCUT2D eigenvalue weighted by atomic mass is 10.2. The maximum absolute atomic E-state index is 11.8. The van der Waals surface area contributed by atoms with Crippen LogP contribution in [0.4, 0.5) is 11.5 Å². The van der Waals surface area contributed by atoms with E-state index < -0.39 is 10.9 Å². The van der Waals surface area contributed by atoms with Crippen LogP contribution in [0.15, 0.2) is 30.6 Å². The number of nitro groups is 1. The summed E-state index contributed by atoms with van der Waals surface area (Å²) in [5.41, 5.74) is -0.0558. The first kappa shape index (κ1) is 22.0. The molecule has 0 radical (unpaired) electrons. The van der Waals surface area contributed by atoms with Crippen molar-refractivity contribution in [2.75, 3.05) is 52.5 Å². The van der Waals surface area contributed by atoms with Gasteiger partial charge in [0, 0.05) is 27.3 Å². The van der Waals surface area contributed by atoms with Crippen molar-refractivity contribution in [3.05, 3.63) is 46.3 Å². The van der Waals surface area contributed by atoms with Crippen LogP contribution in [0.3, 0.4) is 0 Å². The predicted octanol–water partition coefficient (Wildman–Crippen LogP) is 2.06. The van der Waals surface area contributed by atoms with Crippen LogP contribution >= 0.6 is 0 Å². The summed E-state index contributed by atoms with van der Waals surface area (Å²) >= 11 is 0. The van der Waals surface area contributed by atoms with Crippen LogP contribution in [-0.4, -0.2) is 68.5 Å². The Morgan fingerprint density at radius 3 is 2.21 bits per heavy atom. The molecule has 11 heteroatoms. The van der Waals surface area contributed by atoms with Crippen LogP contribution in [-0.2, 0) is 14.2 Å². The summed E-state index contributed by atoms with van der Waals surface area (Å²) in [5.74, 6) is -0.351. The zero-order chi connectivity index (χ0) is 21.2. The van der Waals surface area contributed by atoms with E-state index in [1.807, 2.05) is 0 Å². The Morgan fingerprint density at radius 2 is 1.69 bits per heavy atom. The number of nitrogens with zero attached hydrogens (tertiary/aromatic N) is 4. The van der Waals surface area contributed by atoms with Gasteiger partial charge in [-0.1, -0.05) is 0 Å². The molecule has 2 aromatic rings. The zero-order valence-electron chi connectivity index (χ0n) is 16.4. The van der Waals surface area contributed by atoms with Crippen molar-refractivity contribution in [3.63, 3.8) is 0 Å². The van der Waals surface area contributed by atoms with Crippen molar-refractivity contribution in [1.29, 1.82) is 0 Å². The molecule has 11 nitrogen and oxygen atoms in total. The Balaban J connectivity index is 2.35. The smallest absolute Gasteiger partial charge is 0.373 e. The van der Waals surface area contributed by atoms with E-state index in [9.17, 15) is 14.9 Å². The molecule has 0 fully saturated rings. The van der Waals surface area contributed by atoms with Gasteiger partial charge in [-0.2, -0.15) is 4.98 Å². The highest BCUT2D eigenvalue weighted by Crippen LogP contribution is 2.36. The van der Waals surface area contributed by atoms with E-state index in [2.05, 4.69) is 14.7 Å². The average Bonchev–Trinajstić information content (AvgIpc) is 2.73. The Hall–Kier alpha value is -3.31. The summed E-state index contributed by atoms with van der Waals surface area (Å²) in [7, 11) is 4.35. The number of rotatable bonds is 11. The number of esters is 1. The summed E-state index contributed by atoms with van der Waals surface area (Å²) in [6.45, 7) is 1.42. The van der Waals surface area contributed by atoms with Gasteiger partial charge in [-0.3, -0.25) is 10.1 Å². The Kier molecular flexibility index (Phi) is 8.25. The minimum absolute atomic E-state index is 0.0975. The maximum Gasteiger partial charge on any atom is 0.373 e. The molecule has 0 saturated carbocycles. The second-order valence-electron chi connectivity index (χ2n) is 5.70. The second-order valence-corrected chi connectivity index (χ2v) is 5.70. The fraction of sp³-hybridized carbons (Fsp3) is 0.389. The normalized spacial score (nSPS) is 10.4. The Labute approximate surface area is 167 Å². The lowest BCUT2D eigenvalue weighted by Crippen LogP contribution is -2.32. The molecule has 0 unspecified atom stereocenters. The first-order chi connectivity index (χ1) is 14.0. The van der Waals surface area contributed by atoms with Gasteiger partial charge >= 0.3 is 17.5 Å². The van der Waals surface area contributed by atoms with Crippen molar-refractivity contribution in [2.45, 2.75) is 0 Å². The third kappa shape index (κ3) is 5.83. The van der Waals surface area contributed by atoms with Crippen LogP contribution in [0.5, 0.6) is 11.6 Å². The molecule has 1 heterocycles. The molecule has 1 aromatic heterocycles. The first-order valence-electron chi connectivity index (χ1n) is 8.60. The van der Waals surface area contributed by atoms with E-state index >= 15 is 0 Å².